The lowest BCUT2D eigenvalue weighted by molar-refractivity contribution is 0.101. The summed E-state index contributed by atoms with van der Waals surface area (Å²) in [6.45, 7) is 3.60. The number of H-pyrrole nitrogens is 1. The number of hydrogen-bond donors (Lipinski definition) is 2. The van der Waals surface area contributed by atoms with Crippen LogP contribution in [-0.2, 0) is 6.42 Å². The van der Waals surface area contributed by atoms with Crippen LogP contribution >= 0.6 is 0 Å². The predicted molar refractivity (Wildman–Crippen MR) is 79.2 cm³/mol. The Morgan fingerprint density at radius 3 is 2.45 bits per heavy atom. The minimum absolute atomic E-state index is 0.0655. The number of benzene rings is 1. The van der Waals surface area contributed by atoms with Crippen LogP contribution in [0.4, 0.5) is 5.69 Å². The molecule has 1 heterocycles. The second-order valence-corrected chi connectivity index (χ2v) is 4.76. The third-order valence-electron chi connectivity index (χ3n) is 3.08. The monoisotopic (exact) mass is 270 g/mol. The van der Waals surface area contributed by atoms with E-state index in [1.807, 2.05) is 24.3 Å². The lowest BCUT2D eigenvalue weighted by Crippen LogP contribution is -2.12. The van der Waals surface area contributed by atoms with Gasteiger partial charge in [-0.1, -0.05) is 25.5 Å². The Morgan fingerprint density at radius 2 is 1.90 bits per heavy atom. The van der Waals surface area contributed by atoms with E-state index in [0.717, 1.165) is 18.5 Å². The van der Waals surface area contributed by atoms with Crippen molar-refractivity contribution >= 4 is 17.4 Å². The van der Waals surface area contributed by atoms with E-state index in [1.165, 1.54) is 12.5 Å². The van der Waals surface area contributed by atoms with Gasteiger partial charge in [-0.15, -0.1) is 0 Å². The maximum atomic E-state index is 12.0. The molecule has 0 aliphatic heterocycles. The number of anilines is 1. The molecule has 0 atom stereocenters. The van der Waals surface area contributed by atoms with Crippen molar-refractivity contribution in [3.63, 3.8) is 0 Å². The fourth-order valence-corrected chi connectivity index (χ4v) is 1.97. The van der Waals surface area contributed by atoms with Crippen molar-refractivity contribution in [2.45, 2.75) is 26.7 Å². The molecule has 1 aromatic heterocycles. The third kappa shape index (κ3) is 3.35. The van der Waals surface area contributed by atoms with E-state index < -0.39 is 0 Å². The number of amides is 1. The van der Waals surface area contributed by atoms with Crippen LogP contribution in [0.2, 0.25) is 0 Å². The molecule has 4 heteroatoms. The number of aromatic amines is 1. The Morgan fingerprint density at radius 1 is 1.20 bits per heavy atom. The summed E-state index contributed by atoms with van der Waals surface area (Å²) >= 11 is 0. The molecule has 1 aromatic carbocycles. The van der Waals surface area contributed by atoms with Crippen LogP contribution in [0.5, 0.6) is 0 Å². The minimum atomic E-state index is -0.249. The number of Topliss-reactive ketones (excluding diaryl/α,β-unsaturated/α-hetero) is 1. The number of rotatable bonds is 5. The molecule has 0 spiro atoms. The number of hydrogen-bond acceptors (Lipinski definition) is 2. The van der Waals surface area contributed by atoms with Crippen LogP contribution < -0.4 is 5.32 Å². The zero-order chi connectivity index (χ0) is 14.5. The molecule has 0 fully saturated rings. The van der Waals surface area contributed by atoms with Crippen LogP contribution in [0.3, 0.4) is 0 Å². The minimum Gasteiger partial charge on any atom is -0.356 e. The largest absolute Gasteiger partial charge is 0.356 e. The van der Waals surface area contributed by atoms with E-state index in [-0.39, 0.29) is 11.7 Å². The van der Waals surface area contributed by atoms with Gasteiger partial charge in [0, 0.05) is 17.4 Å². The summed E-state index contributed by atoms with van der Waals surface area (Å²) < 4.78 is 0. The summed E-state index contributed by atoms with van der Waals surface area (Å²) in [5.74, 6) is -0.315. The Kier molecular flexibility index (Phi) is 4.35. The SMILES string of the molecule is CCCc1ccc(NC(=O)c2cc(C(C)=O)c[nH]2)cc1. The first-order chi connectivity index (χ1) is 9.60. The zero-order valence-corrected chi connectivity index (χ0v) is 11.7. The van der Waals surface area contributed by atoms with Crippen molar-refractivity contribution in [2.75, 3.05) is 5.32 Å². The van der Waals surface area contributed by atoms with E-state index in [0.29, 0.717) is 11.3 Å². The highest BCUT2D eigenvalue weighted by molar-refractivity contribution is 6.05. The quantitative estimate of drug-likeness (QED) is 0.818. The summed E-state index contributed by atoms with van der Waals surface area (Å²) in [6.07, 6.45) is 3.68. The van der Waals surface area contributed by atoms with Crippen LogP contribution in [-0.4, -0.2) is 16.7 Å². The van der Waals surface area contributed by atoms with Gasteiger partial charge in [0.2, 0.25) is 0 Å². The van der Waals surface area contributed by atoms with Crippen molar-refractivity contribution < 1.29 is 9.59 Å². The van der Waals surface area contributed by atoms with E-state index >= 15 is 0 Å². The van der Waals surface area contributed by atoms with Gasteiger partial charge in [0.15, 0.2) is 5.78 Å². The molecule has 2 rings (SSSR count). The molecule has 20 heavy (non-hydrogen) atoms. The fraction of sp³-hybridized carbons (Fsp3) is 0.250. The first-order valence-electron chi connectivity index (χ1n) is 6.69. The molecule has 0 saturated carbocycles. The molecule has 0 bridgehead atoms. The normalized spacial score (nSPS) is 10.3. The van der Waals surface area contributed by atoms with Crippen LogP contribution in [0.1, 0.15) is 46.7 Å². The van der Waals surface area contributed by atoms with Crippen molar-refractivity contribution in [3.05, 3.63) is 53.3 Å². The van der Waals surface area contributed by atoms with Crippen molar-refractivity contribution in [2.24, 2.45) is 0 Å². The van der Waals surface area contributed by atoms with Gasteiger partial charge in [0.1, 0.15) is 5.69 Å². The molecule has 0 aliphatic rings. The van der Waals surface area contributed by atoms with Gasteiger partial charge in [-0.25, -0.2) is 0 Å². The lowest BCUT2D eigenvalue weighted by atomic mass is 10.1. The Balaban J connectivity index is 2.04. The maximum absolute atomic E-state index is 12.0. The summed E-state index contributed by atoms with van der Waals surface area (Å²) in [4.78, 5) is 26.0. The average Bonchev–Trinajstić information content (AvgIpc) is 2.91. The molecular weight excluding hydrogens is 252 g/mol. The van der Waals surface area contributed by atoms with Gasteiger partial charge < -0.3 is 10.3 Å². The van der Waals surface area contributed by atoms with Gasteiger partial charge >= 0.3 is 0 Å². The van der Waals surface area contributed by atoms with E-state index in [1.54, 1.807) is 12.3 Å². The number of carbonyl (C=O) groups excluding carboxylic acids is 2. The molecule has 2 aromatic rings. The number of aromatic nitrogens is 1. The zero-order valence-electron chi connectivity index (χ0n) is 11.7. The highest BCUT2D eigenvalue weighted by atomic mass is 16.2. The van der Waals surface area contributed by atoms with Gasteiger partial charge in [-0.05, 0) is 37.1 Å². The second kappa shape index (κ2) is 6.19. The molecule has 0 unspecified atom stereocenters. The van der Waals surface area contributed by atoms with E-state index in [9.17, 15) is 9.59 Å². The predicted octanol–water partition coefficient (Wildman–Crippen LogP) is 3.42. The smallest absolute Gasteiger partial charge is 0.272 e. The first-order valence-corrected chi connectivity index (χ1v) is 6.69. The van der Waals surface area contributed by atoms with Crippen molar-refractivity contribution in [3.8, 4) is 0 Å². The van der Waals surface area contributed by atoms with E-state index in [2.05, 4.69) is 17.2 Å². The van der Waals surface area contributed by atoms with Gasteiger partial charge in [-0.3, -0.25) is 9.59 Å². The second-order valence-electron chi connectivity index (χ2n) is 4.76. The Labute approximate surface area is 118 Å². The molecule has 2 N–H and O–H groups in total. The van der Waals surface area contributed by atoms with Gasteiger partial charge in [0.25, 0.3) is 5.91 Å². The molecule has 0 saturated heterocycles. The Hall–Kier alpha value is -2.36. The molecule has 4 nitrogen and oxygen atoms in total. The van der Waals surface area contributed by atoms with Crippen molar-refractivity contribution in [1.29, 1.82) is 0 Å². The van der Waals surface area contributed by atoms with Gasteiger partial charge in [0.05, 0.1) is 0 Å². The fourth-order valence-electron chi connectivity index (χ4n) is 1.97. The molecule has 1 amide bonds. The first kappa shape index (κ1) is 14.1. The van der Waals surface area contributed by atoms with Crippen LogP contribution in [0, 0.1) is 0 Å². The standard InChI is InChI=1S/C16H18N2O2/c1-3-4-12-5-7-14(8-6-12)18-16(20)15-9-13(10-17-15)11(2)19/h5-10,17H,3-4H2,1-2H3,(H,18,20). The summed E-state index contributed by atoms with van der Waals surface area (Å²) in [6, 6.07) is 9.35. The third-order valence-corrected chi connectivity index (χ3v) is 3.08. The summed E-state index contributed by atoms with van der Waals surface area (Å²) in [5, 5.41) is 2.80. The van der Waals surface area contributed by atoms with Crippen LogP contribution in [0.25, 0.3) is 0 Å². The molecular formula is C16H18N2O2. The Bertz CT molecular complexity index is 612. The summed E-state index contributed by atoms with van der Waals surface area (Å²) in [5.41, 5.74) is 2.89. The van der Waals surface area contributed by atoms with Crippen molar-refractivity contribution in [1.82, 2.24) is 4.98 Å². The van der Waals surface area contributed by atoms with E-state index in [4.69, 9.17) is 0 Å². The summed E-state index contributed by atoms with van der Waals surface area (Å²) in [7, 11) is 0. The highest BCUT2D eigenvalue weighted by Gasteiger charge is 2.10. The number of nitrogens with one attached hydrogen (secondary N) is 2. The highest BCUT2D eigenvalue weighted by Crippen LogP contribution is 2.13. The maximum Gasteiger partial charge on any atom is 0.272 e. The topological polar surface area (TPSA) is 62.0 Å². The average molecular weight is 270 g/mol. The number of ketones is 1. The van der Waals surface area contributed by atoms with Crippen LogP contribution in [0.15, 0.2) is 36.5 Å². The molecule has 0 aliphatic carbocycles. The van der Waals surface area contributed by atoms with Gasteiger partial charge in [-0.2, -0.15) is 0 Å². The molecule has 0 radical (unpaired) electrons. The number of carbonyl (C=O) groups is 2. The molecule has 104 valence electrons. The number of aryl methyl sites for hydroxylation is 1. The lowest BCUT2D eigenvalue weighted by Gasteiger charge is -2.05.